The van der Waals surface area contributed by atoms with Gasteiger partial charge >= 0.3 is 0 Å². The summed E-state index contributed by atoms with van der Waals surface area (Å²) in [4.78, 5) is 18.7. The number of amides is 1. The lowest BCUT2D eigenvalue weighted by Crippen LogP contribution is -2.17. The molecule has 2 rings (SSSR count). The molecule has 24 heavy (non-hydrogen) atoms. The van der Waals surface area contributed by atoms with E-state index >= 15 is 0 Å². The number of pyridine rings is 1. The van der Waals surface area contributed by atoms with Gasteiger partial charge in [0, 0.05) is 24.6 Å². The summed E-state index contributed by atoms with van der Waals surface area (Å²) in [5.41, 5.74) is 4.47. The third-order valence-electron chi connectivity index (χ3n) is 3.74. The van der Waals surface area contributed by atoms with Crippen molar-refractivity contribution in [1.82, 2.24) is 9.88 Å². The molecule has 5 nitrogen and oxygen atoms in total. The van der Waals surface area contributed by atoms with Gasteiger partial charge in [-0.1, -0.05) is 17.7 Å². The van der Waals surface area contributed by atoms with Crippen molar-refractivity contribution in [3.8, 4) is 0 Å². The Bertz CT molecular complexity index is 698. The van der Waals surface area contributed by atoms with Crippen molar-refractivity contribution in [3.05, 3.63) is 53.3 Å². The van der Waals surface area contributed by atoms with Crippen LogP contribution in [-0.2, 0) is 0 Å². The van der Waals surface area contributed by atoms with Gasteiger partial charge in [0.25, 0.3) is 5.91 Å². The number of nitrogens with one attached hydrogen (secondary N) is 2. The molecule has 0 unspecified atom stereocenters. The van der Waals surface area contributed by atoms with Gasteiger partial charge in [-0.3, -0.25) is 9.78 Å². The normalized spacial score (nSPS) is 10.7. The van der Waals surface area contributed by atoms with Crippen LogP contribution in [0.15, 0.2) is 36.7 Å². The minimum absolute atomic E-state index is 0.147. The summed E-state index contributed by atoms with van der Waals surface area (Å²) in [5.74, 6) is -0.147. The van der Waals surface area contributed by atoms with Gasteiger partial charge in [-0.2, -0.15) is 0 Å². The van der Waals surface area contributed by atoms with E-state index in [4.69, 9.17) is 0 Å². The van der Waals surface area contributed by atoms with E-state index in [-0.39, 0.29) is 5.91 Å². The molecule has 1 aromatic carbocycles. The van der Waals surface area contributed by atoms with Crippen molar-refractivity contribution >= 4 is 17.3 Å². The maximum atomic E-state index is 12.4. The number of benzene rings is 1. The van der Waals surface area contributed by atoms with Gasteiger partial charge in [0.2, 0.25) is 0 Å². The molecule has 0 aliphatic carbocycles. The van der Waals surface area contributed by atoms with Crippen molar-refractivity contribution in [2.75, 3.05) is 37.8 Å². The van der Waals surface area contributed by atoms with E-state index in [0.717, 1.165) is 36.4 Å². The Morgan fingerprint density at radius 2 is 1.96 bits per heavy atom. The third kappa shape index (κ3) is 5.35. The van der Waals surface area contributed by atoms with Gasteiger partial charge in [-0.25, -0.2) is 0 Å². The van der Waals surface area contributed by atoms with E-state index in [9.17, 15) is 4.79 Å². The van der Waals surface area contributed by atoms with Crippen molar-refractivity contribution < 1.29 is 4.79 Å². The van der Waals surface area contributed by atoms with Gasteiger partial charge in [0.1, 0.15) is 0 Å². The number of nitrogens with zero attached hydrogens (tertiary/aromatic N) is 2. The van der Waals surface area contributed by atoms with E-state index in [1.54, 1.807) is 12.4 Å². The summed E-state index contributed by atoms with van der Waals surface area (Å²) in [6.07, 6.45) is 4.36. The SMILES string of the molecule is Cc1ccc(NC(=O)c2cncc(NCCCN(C)C)c2)c(C)c1. The van der Waals surface area contributed by atoms with E-state index in [0.29, 0.717) is 5.56 Å². The molecule has 128 valence electrons. The summed E-state index contributed by atoms with van der Waals surface area (Å²) in [6, 6.07) is 7.81. The summed E-state index contributed by atoms with van der Waals surface area (Å²) < 4.78 is 0. The molecule has 0 bridgehead atoms. The van der Waals surface area contributed by atoms with Crippen LogP contribution in [0.3, 0.4) is 0 Å². The minimum atomic E-state index is -0.147. The molecular formula is C19H26N4O. The third-order valence-corrected chi connectivity index (χ3v) is 3.74. The molecule has 2 N–H and O–H groups in total. The smallest absolute Gasteiger partial charge is 0.257 e. The van der Waals surface area contributed by atoms with Crippen LogP contribution in [0.1, 0.15) is 27.9 Å². The predicted octanol–water partition coefficient (Wildman–Crippen LogP) is 3.31. The second-order valence-electron chi connectivity index (χ2n) is 6.32. The maximum absolute atomic E-state index is 12.4. The van der Waals surface area contributed by atoms with Gasteiger partial charge in [-0.05, 0) is 58.6 Å². The summed E-state index contributed by atoms with van der Waals surface area (Å²) in [6.45, 7) is 5.90. The molecule has 0 atom stereocenters. The second kappa shape index (κ2) is 8.45. The molecular weight excluding hydrogens is 300 g/mol. The molecule has 0 aliphatic heterocycles. The number of rotatable bonds is 7. The maximum Gasteiger partial charge on any atom is 0.257 e. The van der Waals surface area contributed by atoms with Crippen LogP contribution in [-0.4, -0.2) is 43.0 Å². The van der Waals surface area contributed by atoms with Crippen LogP contribution in [0.2, 0.25) is 0 Å². The fourth-order valence-corrected chi connectivity index (χ4v) is 2.44. The minimum Gasteiger partial charge on any atom is -0.384 e. The molecule has 0 radical (unpaired) electrons. The Balaban J connectivity index is 1.98. The highest BCUT2D eigenvalue weighted by atomic mass is 16.1. The Hall–Kier alpha value is -2.40. The van der Waals surface area contributed by atoms with E-state index in [1.165, 1.54) is 5.56 Å². The monoisotopic (exact) mass is 326 g/mol. The molecule has 0 spiro atoms. The molecule has 1 heterocycles. The lowest BCUT2D eigenvalue weighted by Gasteiger charge is -2.12. The second-order valence-corrected chi connectivity index (χ2v) is 6.32. The highest BCUT2D eigenvalue weighted by Gasteiger charge is 2.09. The fourth-order valence-electron chi connectivity index (χ4n) is 2.44. The Morgan fingerprint density at radius 3 is 2.67 bits per heavy atom. The van der Waals surface area contributed by atoms with Crippen LogP contribution in [0.25, 0.3) is 0 Å². The van der Waals surface area contributed by atoms with Crippen LogP contribution in [0.4, 0.5) is 11.4 Å². The highest BCUT2D eigenvalue weighted by Crippen LogP contribution is 2.17. The van der Waals surface area contributed by atoms with Crippen molar-refractivity contribution in [2.24, 2.45) is 0 Å². The average Bonchev–Trinajstić information content (AvgIpc) is 2.54. The quantitative estimate of drug-likeness (QED) is 0.767. The number of carbonyl (C=O) groups is 1. The summed E-state index contributed by atoms with van der Waals surface area (Å²) >= 11 is 0. The van der Waals surface area contributed by atoms with E-state index in [2.05, 4.69) is 40.7 Å². The van der Waals surface area contributed by atoms with Crippen LogP contribution >= 0.6 is 0 Å². The average molecular weight is 326 g/mol. The molecule has 0 fully saturated rings. The highest BCUT2D eigenvalue weighted by molar-refractivity contribution is 6.04. The van der Waals surface area contributed by atoms with Crippen LogP contribution in [0, 0.1) is 13.8 Å². The van der Waals surface area contributed by atoms with Crippen LogP contribution in [0.5, 0.6) is 0 Å². The number of aromatic nitrogens is 1. The van der Waals surface area contributed by atoms with Crippen molar-refractivity contribution in [3.63, 3.8) is 0 Å². The van der Waals surface area contributed by atoms with Gasteiger partial charge < -0.3 is 15.5 Å². The largest absolute Gasteiger partial charge is 0.384 e. The standard InChI is InChI=1S/C19H26N4O/c1-14-6-7-18(15(2)10-14)22-19(24)16-11-17(13-20-12-16)21-8-5-9-23(3)4/h6-7,10-13,21H,5,8-9H2,1-4H3,(H,22,24). The summed E-state index contributed by atoms with van der Waals surface area (Å²) in [5, 5.41) is 6.26. The first-order chi connectivity index (χ1) is 11.5. The lowest BCUT2D eigenvalue weighted by molar-refractivity contribution is 0.102. The van der Waals surface area contributed by atoms with Crippen LogP contribution < -0.4 is 10.6 Å². The van der Waals surface area contributed by atoms with E-state index in [1.807, 2.05) is 32.0 Å². The number of aryl methyl sites for hydroxylation is 2. The molecule has 0 aliphatic rings. The Kier molecular flexibility index (Phi) is 6.32. The Morgan fingerprint density at radius 1 is 1.17 bits per heavy atom. The molecule has 1 aromatic heterocycles. The number of hydrogen-bond acceptors (Lipinski definition) is 4. The molecule has 0 saturated carbocycles. The van der Waals surface area contributed by atoms with Gasteiger partial charge in [-0.15, -0.1) is 0 Å². The fraction of sp³-hybridized carbons (Fsp3) is 0.368. The topological polar surface area (TPSA) is 57.3 Å². The zero-order valence-corrected chi connectivity index (χ0v) is 14.9. The molecule has 0 saturated heterocycles. The Labute approximate surface area is 144 Å². The van der Waals surface area contributed by atoms with Crippen molar-refractivity contribution in [1.29, 1.82) is 0 Å². The summed E-state index contributed by atoms with van der Waals surface area (Å²) in [7, 11) is 4.11. The first-order valence-corrected chi connectivity index (χ1v) is 8.18. The van der Waals surface area contributed by atoms with Crippen molar-refractivity contribution in [2.45, 2.75) is 20.3 Å². The van der Waals surface area contributed by atoms with Gasteiger partial charge in [0.05, 0.1) is 11.3 Å². The van der Waals surface area contributed by atoms with E-state index < -0.39 is 0 Å². The molecule has 5 heteroatoms. The lowest BCUT2D eigenvalue weighted by atomic mass is 10.1. The molecule has 1 amide bonds. The zero-order valence-electron chi connectivity index (χ0n) is 14.9. The zero-order chi connectivity index (χ0) is 17.5. The first-order valence-electron chi connectivity index (χ1n) is 8.18. The number of anilines is 2. The predicted molar refractivity (Wildman–Crippen MR) is 99.8 cm³/mol. The molecule has 2 aromatic rings. The van der Waals surface area contributed by atoms with Gasteiger partial charge in [0.15, 0.2) is 0 Å². The number of hydrogen-bond donors (Lipinski definition) is 2. The first kappa shape index (κ1) is 17.9. The number of carbonyl (C=O) groups excluding carboxylic acids is 1.